The molecule has 106 valence electrons. The number of ether oxygens (including phenoxy) is 1. The fraction of sp³-hybridized carbons (Fsp3) is 0.556. The Bertz CT molecular complexity index is 472. The van der Waals surface area contributed by atoms with Crippen molar-refractivity contribution in [3.8, 4) is 0 Å². The van der Waals surface area contributed by atoms with Crippen LogP contribution in [0.4, 0.5) is 13.2 Å². The summed E-state index contributed by atoms with van der Waals surface area (Å²) in [6.07, 6.45) is -3.95. The van der Waals surface area contributed by atoms with Gasteiger partial charge in [0.25, 0.3) is 0 Å². The first-order valence-corrected chi connectivity index (χ1v) is 5.16. The van der Waals surface area contributed by atoms with E-state index < -0.39 is 35.3 Å². The predicted molar refractivity (Wildman–Crippen MR) is 55.1 cm³/mol. The molecule has 0 fully saturated rings. The highest BCUT2D eigenvalue weighted by Crippen LogP contribution is 2.31. The van der Waals surface area contributed by atoms with Crippen molar-refractivity contribution in [1.82, 2.24) is 9.78 Å². The molecule has 0 N–H and O–H groups in total. The lowest BCUT2D eigenvalue weighted by molar-refractivity contribution is -0.495. The number of hydrogen-bond donors (Lipinski definition) is 0. The molecule has 0 radical (unpaired) electrons. The Kier molecular flexibility index (Phi) is 4.46. The molecule has 1 atom stereocenters. The fourth-order valence-corrected chi connectivity index (χ4v) is 1.39. The van der Waals surface area contributed by atoms with Crippen LogP contribution in [0.2, 0.25) is 0 Å². The van der Waals surface area contributed by atoms with Gasteiger partial charge in [-0.1, -0.05) is 0 Å². The van der Waals surface area contributed by atoms with Gasteiger partial charge in [0.15, 0.2) is 0 Å². The Morgan fingerprint density at radius 3 is 2.74 bits per heavy atom. The second-order valence-electron chi connectivity index (χ2n) is 3.45. The topological polar surface area (TPSA) is 87.3 Å². The molecule has 0 saturated carbocycles. The Morgan fingerprint density at radius 1 is 1.63 bits per heavy atom. The van der Waals surface area contributed by atoms with Gasteiger partial charge in [-0.05, 0) is 13.0 Å². The van der Waals surface area contributed by atoms with E-state index in [4.69, 9.17) is 0 Å². The number of hydrogen-bond acceptors (Lipinski definition) is 5. The van der Waals surface area contributed by atoms with Crippen molar-refractivity contribution in [1.29, 1.82) is 0 Å². The van der Waals surface area contributed by atoms with E-state index in [1.165, 1.54) is 6.92 Å². The Hall–Kier alpha value is -2.13. The number of carbonyl (C=O) groups is 1. The summed E-state index contributed by atoms with van der Waals surface area (Å²) in [7, 11) is 0. The largest absolute Gasteiger partial charge is 0.461 e. The van der Waals surface area contributed by atoms with Crippen molar-refractivity contribution < 1.29 is 27.6 Å². The van der Waals surface area contributed by atoms with Crippen molar-refractivity contribution in [3.05, 3.63) is 28.1 Å². The average Bonchev–Trinajstić information content (AvgIpc) is 2.72. The summed E-state index contributed by atoms with van der Waals surface area (Å²) in [6, 6.07) is -1.51. The summed E-state index contributed by atoms with van der Waals surface area (Å²) in [4.78, 5) is 20.6. The van der Waals surface area contributed by atoms with Crippen LogP contribution in [0.1, 0.15) is 23.5 Å². The molecule has 0 spiro atoms. The quantitative estimate of drug-likeness (QED) is 0.463. The van der Waals surface area contributed by atoms with Crippen LogP contribution in [0.3, 0.4) is 0 Å². The number of carbonyl (C=O) groups excluding carboxylic acids is 1. The van der Waals surface area contributed by atoms with Crippen LogP contribution in [-0.2, 0) is 4.74 Å². The third-order valence-corrected chi connectivity index (χ3v) is 2.15. The van der Waals surface area contributed by atoms with Gasteiger partial charge in [-0.3, -0.25) is 10.1 Å². The monoisotopic (exact) mass is 281 g/mol. The highest BCUT2D eigenvalue weighted by atomic mass is 19.4. The summed E-state index contributed by atoms with van der Waals surface area (Å²) >= 11 is 0. The molecule has 1 aromatic rings. The van der Waals surface area contributed by atoms with E-state index in [0.717, 1.165) is 12.3 Å². The minimum atomic E-state index is -4.90. The molecule has 10 heteroatoms. The SMILES string of the molecule is CCOC(=O)c1ccnn1C(C[N+](=O)[O-])C(F)(F)F. The molecule has 0 bridgehead atoms. The van der Waals surface area contributed by atoms with E-state index in [-0.39, 0.29) is 11.3 Å². The number of halogens is 3. The van der Waals surface area contributed by atoms with Gasteiger partial charge in [0.1, 0.15) is 5.69 Å². The van der Waals surface area contributed by atoms with Crippen molar-refractivity contribution in [2.75, 3.05) is 13.2 Å². The fourth-order valence-electron chi connectivity index (χ4n) is 1.39. The molecule has 1 heterocycles. The van der Waals surface area contributed by atoms with Gasteiger partial charge in [-0.25, -0.2) is 9.48 Å². The van der Waals surface area contributed by atoms with Crippen LogP contribution >= 0.6 is 0 Å². The van der Waals surface area contributed by atoms with Crippen LogP contribution in [0.5, 0.6) is 0 Å². The zero-order valence-electron chi connectivity index (χ0n) is 9.75. The Balaban J connectivity index is 3.13. The van der Waals surface area contributed by atoms with E-state index in [2.05, 4.69) is 9.84 Å². The van der Waals surface area contributed by atoms with Crippen molar-refractivity contribution in [2.45, 2.75) is 19.1 Å². The van der Waals surface area contributed by atoms with Crippen molar-refractivity contribution in [2.24, 2.45) is 0 Å². The molecule has 0 amide bonds. The normalized spacial score (nSPS) is 13.1. The zero-order chi connectivity index (χ0) is 14.6. The summed E-state index contributed by atoms with van der Waals surface area (Å²) in [5.74, 6) is -1.02. The summed E-state index contributed by atoms with van der Waals surface area (Å²) in [5, 5.41) is 13.6. The molecule has 0 saturated heterocycles. The first kappa shape index (κ1) is 14.9. The van der Waals surface area contributed by atoms with Crippen LogP contribution in [-0.4, -0.2) is 40.0 Å². The highest BCUT2D eigenvalue weighted by molar-refractivity contribution is 5.87. The van der Waals surface area contributed by atoms with Gasteiger partial charge in [0.2, 0.25) is 12.6 Å². The number of rotatable bonds is 5. The van der Waals surface area contributed by atoms with Crippen molar-refractivity contribution >= 4 is 5.97 Å². The average molecular weight is 281 g/mol. The van der Waals surface area contributed by atoms with Gasteiger partial charge in [-0.2, -0.15) is 18.3 Å². The first-order chi connectivity index (χ1) is 8.77. The number of nitro groups is 1. The maximum Gasteiger partial charge on any atom is 0.417 e. The summed E-state index contributed by atoms with van der Waals surface area (Å²) in [5.41, 5.74) is -0.481. The predicted octanol–water partition coefficient (Wildman–Crippen LogP) is 1.44. The minimum absolute atomic E-state index is 0.0318. The van der Waals surface area contributed by atoms with Gasteiger partial charge >= 0.3 is 12.1 Å². The first-order valence-electron chi connectivity index (χ1n) is 5.16. The highest BCUT2D eigenvalue weighted by Gasteiger charge is 2.46. The number of alkyl halides is 3. The molecule has 0 aliphatic heterocycles. The lowest BCUT2D eigenvalue weighted by Gasteiger charge is -2.18. The zero-order valence-corrected chi connectivity index (χ0v) is 9.75. The Labute approximate surface area is 105 Å². The molecule has 0 aliphatic rings. The Morgan fingerprint density at radius 2 is 2.26 bits per heavy atom. The molecule has 1 aromatic heterocycles. The number of aromatic nitrogens is 2. The maximum atomic E-state index is 12.8. The minimum Gasteiger partial charge on any atom is -0.461 e. The van der Waals surface area contributed by atoms with Crippen LogP contribution < -0.4 is 0 Å². The number of esters is 1. The maximum absolute atomic E-state index is 12.8. The van der Waals surface area contributed by atoms with Gasteiger partial charge in [-0.15, -0.1) is 0 Å². The molecular formula is C9H10F3N3O4. The van der Waals surface area contributed by atoms with E-state index >= 15 is 0 Å². The second kappa shape index (κ2) is 5.67. The third kappa shape index (κ3) is 3.66. The standard InChI is InChI=1S/C9H10F3N3O4/c1-2-19-8(16)6-3-4-13-15(6)7(5-14(17)18)9(10,11)12/h3-4,7H,2,5H2,1H3. The van der Waals surface area contributed by atoms with Gasteiger partial charge < -0.3 is 4.74 Å². The van der Waals surface area contributed by atoms with E-state index in [9.17, 15) is 28.1 Å². The van der Waals surface area contributed by atoms with Crippen LogP contribution in [0.25, 0.3) is 0 Å². The summed E-state index contributed by atoms with van der Waals surface area (Å²) < 4.78 is 43.1. The molecule has 0 aliphatic carbocycles. The molecule has 7 nitrogen and oxygen atoms in total. The smallest absolute Gasteiger partial charge is 0.417 e. The number of nitrogens with zero attached hydrogens (tertiary/aromatic N) is 3. The summed E-state index contributed by atoms with van der Waals surface area (Å²) in [6.45, 7) is 0.0321. The van der Waals surface area contributed by atoms with Gasteiger partial charge in [0, 0.05) is 11.1 Å². The molecular weight excluding hydrogens is 271 g/mol. The molecule has 1 unspecified atom stereocenters. The molecule has 0 aromatic carbocycles. The lowest BCUT2D eigenvalue weighted by atomic mass is 10.2. The van der Waals surface area contributed by atoms with Gasteiger partial charge in [0.05, 0.1) is 6.61 Å². The molecule has 1 rings (SSSR count). The van der Waals surface area contributed by atoms with E-state index in [0.29, 0.717) is 0 Å². The third-order valence-electron chi connectivity index (χ3n) is 2.15. The van der Waals surface area contributed by atoms with E-state index in [1.54, 1.807) is 0 Å². The van der Waals surface area contributed by atoms with Crippen molar-refractivity contribution in [3.63, 3.8) is 0 Å². The van der Waals surface area contributed by atoms with Crippen LogP contribution in [0, 0.1) is 10.1 Å². The molecule has 19 heavy (non-hydrogen) atoms. The van der Waals surface area contributed by atoms with Crippen LogP contribution in [0.15, 0.2) is 12.3 Å². The van der Waals surface area contributed by atoms with E-state index in [1.807, 2.05) is 0 Å². The lowest BCUT2D eigenvalue weighted by Crippen LogP contribution is -2.35. The second-order valence-corrected chi connectivity index (χ2v) is 3.45.